The van der Waals surface area contributed by atoms with E-state index in [1.807, 2.05) is 24.3 Å². The predicted molar refractivity (Wildman–Crippen MR) is 83.9 cm³/mol. The Morgan fingerprint density at radius 3 is 2.33 bits per heavy atom. The van der Waals surface area contributed by atoms with Crippen LogP contribution < -0.4 is 9.80 Å². The highest BCUT2D eigenvalue weighted by molar-refractivity contribution is 7.80. The van der Waals surface area contributed by atoms with Crippen LogP contribution in [-0.4, -0.2) is 43.9 Å². The maximum atomic E-state index is 12.0. The van der Waals surface area contributed by atoms with Crippen molar-refractivity contribution in [1.29, 1.82) is 0 Å². The SMILES string of the molecule is O=C1COCCN1c1ccc(N2CC(CS)CC2=O)cc1. The maximum Gasteiger partial charge on any atom is 0.253 e. The molecule has 1 aromatic carbocycles. The second kappa shape index (κ2) is 6.07. The molecule has 0 aliphatic carbocycles. The van der Waals surface area contributed by atoms with Crippen molar-refractivity contribution in [2.24, 2.45) is 5.92 Å². The molecule has 2 aliphatic rings. The zero-order chi connectivity index (χ0) is 14.8. The third-order valence-corrected chi connectivity index (χ3v) is 4.44. The van der Waals surface area contributed by atoms with Gasteiger partial charge in [-0.1, -0.05) is 0 Å². The summed E-state index contributed by atoms with van der Waals surface area (Å²) in [6.45, 7) is 1.98. The standard InChI is InChI=1S/C15H18N2O3S/c18-14-7-11(10-21)8-17(14)13-3-1-12(2-4-13)16-5-6-20-9-15(16)19/h1-4,11,21H,5-10H2. The van der Waals surface area contributed by atoms with Crippen LogP contribution in [0.3, 0.4) is 0 Å². The van der Waals surface area contributed by atoms with Crippen LogP contribution in [0.5, 0.6) is 0 Å². The topological polar surface area (TPSA) is 49.9 Å². The van der Waals surface area contributed by atoms with Crippen LogP contribution in [0.1, 0.15) is 6.42 Å². The molecule has 21 heavy (non-hydrogen) atoms. The van der Waals surface area contributed by atoms with Crippen molar-refractivity contribution in [2.75, 3.05) is 41.9 Å². The number of anilines is 2. The number of morpholine rings is 1. The predicted octanol–water partition coefficient (Wildman–Crippen LogP) is 1.33. The summed E-state index contributed by atoms with van der Waals surface area (Å²) in [6, 6.07) is 7.58. The van der Waals surface area contributed by atoms with Gasteiger partial charge in [0.05, 0.1) is 6.61 Å². The van der Waals surface area contributed by atoms with Crippen molar-refractivity contribution in [3.8, 4) is 0 Å². The van der Waals surface area contributed by atoms with Crippen LogP contribution in [0.4, 0.5) is 11.4 Å². The maximum absolute atomic E-state index is 12.0. The smallest absolute Gasteiger partial charge is 0.253 e. The first kappa shape index (κ1) is 14.4. The normalized spacial score (nSPS) is 23.0. The van der Waals surface area contributed by atoms with Crippen molar-refractivity contribution in [3.05, 3.63) is 24.3 Å². The number of hydrogen-bond acceptors (Lipinski definition) is 4. The lowest BCUT2D eigenvalue weighted by Gasteiger charge is -2.27. The monoisotopic (exact) mass is 306 g/mol. The highest BCUT2D eigenvalue weighted by Crippen LogP contribution is 2.28. The Labute approximate surface area is 129 Å². The summed E-state index contributed by atoms with van der Waals surface area (Å²) in [5, 5.41) is 0. The van der Waals surface area contributed by atoms with Crippen LogP contribution in [0, 0.1) is 5.92 Å². The first-order chi connectivity index (χ1) is 10.2. The van der Waals surface area contributed by atoms with E-state index in [2.05, 4.69) is 12.6 Å². The van der Waals surface area contributed by atoms with Gasteiger partial charge >= 0.3 is 0 Å². The molecule has 2 fully saturated rings. The number of rotatable bonds is 3. The summed E-state index contributed by atoms with van der Waals surface area (Å²) in [6.07, 6.45) is 0.563. The molecule has 5 nitrogen and oxygen atoms in total. The number of thiol groups is 1. The lowest BCUT2D eigenvalue weighted by molar-refractivity contribution is -0.125. The van der Waals surface area contributed by atoms with Crippen LogP contribution in [-0.2, 0) is 14.3 Å². The molecule has 0 N–H and O–H groups in total. The van der Waals surface area contributed by atoms with Gasteiger partial charge in [0.15, 0.2) is 0 Å². The van der Waals surface area contributed by atoms with E-state index in [1.54, 1.807) is 9.80 Å². The minimum atomic E-state index is -0.0265. The van der Waals surface area contributed by atoms with E-state index < -0.39 is 0 Å². The summed E-state index contributed by atoms with van der Waals surface area (Å²) in [5.74, 6) is 1.16. The van der Waals surface area contributed by atoms with Crippen molar-refractivity contribution in [3.63, 3.8) is 0 Å². The van der Waals surface area contributed by atoms with Gasteiger partial charge in [0, 0.05) is 30.9 Å². The van der Waals surface area contributed by atoms with E-state index >= 15 is 0 Å². The van der Waals surface area contributed by atoms with Crippen molar-refractivity contribution in [2.45, 2.75) is 6.42 Å². The number of benzene rings is 1. The molecule has 0 bridgehead atoms. The number of hydrogen-bond donors (Lipinski definition) is 1. The van der Waals surface area contributed by atoms with Gasteiger partial charge in [-0.15, -0.1) is 0 Å². The van der Waals surface area contributed by atoms with Gasteiger partial charge < -0.3 is 14.5 Å². The third-order valence-electron chi connectivity index (χ3n) is 3.92. The van der Waals surface area contributed by atoms with Gasteiger partial charge in [-0.2, -0.15) is 12.6 Å². The number of ether oxygens (including phenoxy) is 1. The molecule has 1 aromatic rings. The van der Waals surface area contributed by atoms with E-state index in [1.165, 1.54) is 0 Å². The van der Waals surface area contributed by atoms with Gasteiger partial charge in [0.2, 0.25) is 5.91 Å². The summed E-state index contributed by atoms with van der Waals surface area (Å²) in [4.78, 5) is 27.3. The first-order valence-electron chi connectivity index (χ1n) is 7.08. The summed E-state index contributed by atoms with van der Waals surface area (Å²) in [5.41, 5.74) is 1.73. The molecular weight excluding hydrogens is 288 g/mol. The molecule has 112 valence electrons. The largest absolute Gasteiger partial charge is 0.370 e. The molecule has 1 unspecified atom stereocenters. The fourth-order valence-electron chi connectivity index (χ4n) is 2.76. The molecule has 0 spiro atoms. The molecule has 2 aliphatic heterocycles. The summed E-state index contributed by atoms with van der Waals surface area (Å²) >= 11 is 4.27. The second-order valence-corrected chi connectivity index (χ2v) is 5.74. The van der Waals surface area contributed by atoms with Crippen molar-refractivity contribution < 1.29 is 14.3 Å². The van der Waals surface area contributed by atoms with E-state index in [4.69, 9.17) is 4.74 Å². The van der Waals surface area contributed by atoms with Gasteiger partial charge in [0.25, 0.3) is 5.91 Å². The van der Waals surface area contributed by atoms with Gasteiger partial charge in [-0.25, -0.2) is 0 Å². The second-order valence-electron chi connectivity index (χ2n) is 5.37. The summed E-state index contributed by atoms with van der Waals surface area (Å²) in [7, 11) is 0. The molecule has 1 atom stereocenters. The van der Waals surface area contributed by atoms with Gasteiger partial charge in [-0.3, -0.25) is 9.59 Å². The Bertz CT molecular complexity index is 546. The lowest BCUT2D eigenvalue weighted by Crippen LogP contribution is -2.41. The van der Waals surface area contributed by atoms with E-state index in [9.17, 15) is 9.59 Å². The van der Waals surface area contributed by atoms with Crippen LogP contribution in [0.25, 0.3) is 0 Å². The van der Waals surface area contributed by atoms with Crippen molar-refractivity contribution >= 4 is 35.8 Å². The van der Waals surface area contributed by atoms with Gasteiger partial charge in [-0.05, 0) is 35.9 Å². The van der Waals surface area contributed by atoms with E-state index in [0.29, 0.717) is 25.5 Å². The molecule has 2 heterocycles. The average molecular weight is 306 g/mol. The molecule has 0 aromatic heterocycles. The van der Waals surface area contributed by atoms with Crippen molar-refractivity contribution in [1.82, 2.24) is 0 Å². The highest BCUT2D eigenvalue weighted by Gasteiger charge is 2.29. The molecule has 0 saturated carbocycles. The highest BCUT2D eigenvalue weighted by atomic mass is 32.1. The molecule has 2 saturated heterocycles. The average Bonchev–Trinajstić information content (AvgIpc) is 2.89. The minimum absolute atomic E-state index is 0.0265. The molecule has 6 heteroatoms. The Morgan fingerprint density at radius 2 is 1.76 bits per heavy atom. The van der Waals surface area contributed by atoms with Crippen LogP contribution in [0.15, 0.2) is 24.3 Å². The fourth-order valence-corrected chi connectivity index (χ4v) is 3.00. The zero-order valence-electron chi connectivity index (χ0n) is 11.7. The Kier molecular flexibility index (Phi) is 4.17. The van der Waals surface area contributed by atoms with Crippen LogP contribution in [0.2, 0.25) is 0 Å². The molecule has 0 radical (unpaired) electrons. The third kappa shape index (κ3) is 2.91. The number of carbonyl (C=O) groups is 2. The number of nitrogens with zero attached hydrogens (tertiary/aromatic N) is 2. The summed E-state index contributed by atoms with van der Waals surface area (Å²) < 4.78 is 5.13. The first-order valence-corrected chi connectivity index (χ1v) is 7.71. The molecule has 2 amide bonds. The van der Waals surface area contributed by atoms with Crippen LogP contribution >= 0.6 is 12.6 Å². The zero-order valence-corrected chi connectivity index (χ0v) is 12.6. The quantitative estimate of drug-likeness (QED) is 0.857. The number of carbonyl (C=O) groups excluding carboxylic acids is 2. The fraction of sp³-hybridized carbons (Fsp3) is 0.467. The van der Waals surface area contributed by atoms with E-state index in [-0.39, 0.29) is 18.4 Å². The number of amides is 2. The minimum Gasteiger partial charge on any atom is -0.370 e. The molecular formula is C15H18N2O3S. The molecule has 3 rings (SSSR count). The van der Waals surface area contributed by atoms with E-state index in [0.717, 1.165) is 23.7 Å². The lowest BCUT2D eigenvalue weighted by atomic mass is 10.1. The Balaban J connectivity index is 1.75. The van der Waals surface area contributed by atoms with Gasteiger partial charge in [0.1, 0.15) is 6.61 Å². The Morgan fingerprint density at radius 1 is 1.10 bits per heavy atom. The Hall–Kier alpha value is -1.53.